The second kappa shape index (κ2) is 10.0. The molecule has 30 heavy (non-hydrogen) atoms. The third-order valence-corrected chi connectivity index (χ3v) is 4.46. The highest BCUT2D eigenvalue weighted by atomic mass is 16.5. The molecule has 3 rings (SSSR count). The van der Waals surface area contributed by atoms with Crippen LogP contribution in [0.5, 0.6) is 5.75 Å². The molecule has 0 bridgehead atoms. The second-order valence-electron chi connectivity index (χ2n) is 6.77. The summed E-state index contributed by atoms with van der Waals surface area (Å²) in [6.45, 7) is 3.93. The van der Waals surface area contributed by atoms with Gasteiger partial charge in [-0.15, -0.1) is 0 Å². The summed E-state index contributed by atoms with van der Waals surface area (Å²) in [4.78, 5) is 24.0. The minimum Gasteiger partial charge on any atom is -0.484 e. The maximum absolute atomic E-state index is 12.1. The summed E-state index contributed by atoms with van der Waals surface area (Å²) in [7, 11) is 0. The topological polar surface area (TPSA) is 79.8 Å². The van der Waals surface area contributed by atoms with Gasteiger partial charge in [-0.3, -0.25) is 9.59 Å². The summed E-state index contributed by atoms with van der Waals surface area (Å²) in [5, 5.41) is 6.77. The van der Waals surface area contributed by atoms with Gasteiger partial charge in [0.05, 0.1) is 6.21 Å². The lowest BCUT2D eigenvalue weighted by molar-refractivity contribution is -0.118. The maximum atomic E-state index is 12.1. The van der Waals surface area contributed by atoms with Gasteiger partial charge in [-0.25, -0.2) is 5.43 Å². The minimum absolute atomic E-state index is 0.0898. The van der Waals surface area contributed by atoms with Gasteiger partial charge >= 0.3 is 0 Å². The molecule has 0 aliphatic heterocycles. The van der Waals surface area contributed by atoms with Crippen molar-refractivity contribution >= 4 is 23.7 Å². The molecule has 6 heteroatoms. The average molecular weight is 401 g/mol. The Morgan fingerprint density at radius 2 is 1.67 bits per heavy atom. The van der Waals surface area contributed by atoms with E-state index in [1.165, 1.54) is 11.8 Å². The number of amides is 2. The highest BCUT2D eigenvalue weighted by Gasteiger charge is 2.05. The van der Waals surface area contributed by atoms with Gasteiger partial charge < -0.3 is 10.1 Å². The first-order valence-electron chi connectivity index (χ1n) is 9.50. The van der Waals surface area contributed by atoms with Crippen molar-refractivity contribution in [1.29, 1.82) is 0 Å². The van der Waals surface area contributed by atoms with E-state index in [1.807, 2.05) is 38.1 Å². The van der Waals surface area contributed by atoms with Gasteiger partial charge in [0.1, 0.15) is 5.75 Å². The van der Waals surface area contributed by atoms with Crippen LogP contribution in [0.25, 0.3) is 0 Å². The number of ether oxygens (including phenoxy) is 1. The van der Waals surface area contributed by atoms with Crippen LogP contribution in [0.2, 0.25) is 0 Å². The van der Waals surface area contributed by atoms with Crippen LogP contribution < -0.4 is 15.5 Å². The Bertz CT molecular complexity index is 1050. The summed E-state index contributed by atoms with van der Waals surface area (Å²) in [6.07, 6.45) is 1.54. The fourth-order valence-electron chi connectivity index (χ4n) is 2.63. The van der Waals surface area contributed by atoms with Crippen LogP contribution in [0.15, 0.2) is 77.9 Å². The number of rotatable bonds is 7. The smallest absolute Gasteiger partial charge is 0.271 e. The van der Waals surface area contributed by atoms with Crippen molar-refractivity contribution in [3.8, 4) is 5.75 Å². The number of hydrogen-bond donors (Lipinski definition) is 2. The SMILES string of the molecule is Cc1ccc(NC(=O)COc2ccc(/C=N\NC(=O)c3ccccc3)cc2)cc1C. The minimum atomic E-state index is -0.276. The lowest BCUT2D eigenvalue weighted by Gasteiger charge is -2.09. The molecule has 0 fully saturated rings. The van der Waals surface area contributed by atoms with Crippen molar-refractivity contribution in [2.45, 2.75) is 13.8 Å². The fraction of sp³-hybridized carbons (Fsp3) is 0.125. The van der Waals surface area contributed by atoms with Crippen molar-refractivity contribution in [1.82, 2.24) is 5.43 Å². The summed E-state index contributed by atoms with van der Waals surface area (Å²) in [5.74, 6) is 0.0600. The largest absolute Gasteiger partial charge is 0.484 e. The van der Waals surface area contributed by atoms with Crippen LogP contribution in [-0.2, 0) is 4.79 Å². The Labute approximate surface area is 175 Å². The zero-order valence-corrected chi connectivity index (χ0v) is 16.9. The molecular weight excluding hydrogens is 378 g/mol. The van der Waals surface area contributed by atoms with E-state index in [-0.39, 0.29) is 18.4 Å². The van der Waals surface area contributed by atoms with E-state index < -0.39 is 0 Å². The monoisotopic (exact) mass is 401 g/mol. The van der Waals surface area contributed by atoms with Crippen LogP contribution in [0, 0.1) is 13.8 Å². The highest BCUT2D eigenvalue weighted by molar-refractivity contribution is 5.94. The van der Waals surface area contributed by atoms with E-state index in [0.717, 1.165) is 16.8 Å². The van der Waals surface area contributed by atoms with Crippen LogP contribution in [-0.4, -0.2) is 24.6 Å². The maximum Gasteiger partial charge on any atom is 0.271 e. The van der Waals surface area contributed by atoms with E-state index in [2.05, 4.69) is 15.8 Å². The normalized spacial score (nSPS) is 10.6. The number of aryl methyl sites for hydroxylation is 2. The molecule has 2 amide bonds. The molecule has 3 aromatic rings. The van der Waals surface area contributed by atoms with E-state index >= 15 is 0 Å². The zero-order chi connectivity index (χ0) is 21.3. The second-order valence-corrected chi connectivity index (χ2v) is 6.77. The van der Waals surface area contributed by atoms with Crippen LogP contribution in [0.4, 0.5) is 5.69 Å². The van der Waals surface area contributed by atoms with Crippen molar-refractivity contribution in [2.75, 3.05) is 11.9 Å². The van der Waals surface area contributed by atoms with Gasteiger partial charge in [0, 0.05) is 11.3 Å². The van der Waals surface area contributed by atoms with Crippen LogP contribution in [0.3, 0.4) is 0 Å². The van der Waals surface area contributed by atoms with Gasteiger partial charge in [-0.05, 0) is 79.1 Å². The van der Waals surface area contributed by atoms with Gasteiger partial charge in [-0.1, -0.05) is 24.3 Å². The molecule has 3 aromatic carbocycles. The first-order valence-corrected chi connectivity index (χ1v) is 9.50. The molecule has 152 valence electrons. The Balaban J connectivity index is 1.46. The molecular formula is C24H23N3O3. The van der Waals surface area contributed by atoms with Crippen molar-refractivity contribution in [3.63, 3.8) is 0 Å². The Morgan fingerprint density at radius 3 is 2.37 bits per heavy atom. The molecule has 0 radical (unpaired) electrons. The van der Waals surface area contributed by atoms with Crippen LogP contribution in [0.1, 0.15) is 27.0 Å². The van der Waals surface area contributed by atoms with Gasteiger partial charge in [0.25, 0.3) is 11.8 Å². The molecule has 0 spiro atoms. The zero-order valence-electron chi connectivity index (χ0n) is 16.9. The molecule has 0 heterocycles. The number of nitrogens with one attached hydrogen (secondary N) is 2. The van der Waals surface area contributed by atoms with E-state index in [1.54, 1.807) is 48.5 Å². The molecule has 0 saturated carbocycles. The third kappa shape index (κ3) is 6.04. The third-order valence-electron chi connectivity index (χ3n) is 4.46. The molecule has 0 aromatic heterocycles. The quantitative estimate of drug-likeness (QED) is 0.462. The number of hydrogen-bond acceptors (Lipinski definition) is 4. The first kappa shape index (κ1) is 20.8. The predicted octanol–water partition coefficient (Wildman–Crippen LogP) is 4.08. The molecule has 2 N–H and O–H groups in total. The van der Waals surface area contributed by atoms with E-state index in [9.17, 15) is 9.59 Å². The van der Waals surface area contributed by atoms with E-state index in [4.69, 9.17) is 4.74 Å². The van der Waals surface area contributed by atoms with Gasteiger partial charge in [0.15, 0.2) is 6.61 Å². The number of carbonyl (C=O) groups is 2. The van der Waals surface area contributed by atoms with Gasteiger partial charge in [0.2, 0.25) is 0 Å². The Hall–Kier alpha value is -3.93. The number of anilines is 1. The lowest BCUT2D eigenvalue weighted by atomic mass is 10.1. The van der Waals surface area contributed by atoms with Crippen molar-refractivity contribution < 1.29 is 14.3 Å². The fourth-order valence-corrected chi connectivity index (χ4v) is 2.63. The van der Waals surface area contributed by atoms with Crippen LogP contribution >= 0.6 is 0 Å². The highest BCUT2D eigenvalue weighted by Crippen LogP contribution is 2.15. The lowest BCUT2D eigenvalue weighted by Crippen LogP contribution is -2.20. The summed E-state index contributed by atoms with van der Waals surface area (Å²) in [5.41, 5.74) is 6.84. The summed E-state index contributed by atoms with van der Waals surface area (Å²) >= 11 is 0. The predicted molar refractivity (Wildman–Crippen MR) is 118 cm³/mol. The Morgan fingerprint density at radius 1 is 0.933 bits per heavy atom. The average Bonchev–Trinajstić information content (AvgIpc) is 2.76. The molecule has 0 atom stereocenters. The summed E-state index contributed by atoms with van der Waals surface area (Å²) < 4.78 is 5.52. The first-order chi connectivity index (χ1) is 14.5. The van der Waals surface area contributed by atoms with Gasteiger partial charge in [-0.2, -0.15) is 5.10 Å². The molecule has 0 unspecified atom stereocenters. The number of carbonyl (C=O) groups excluding carboxylic acids is 2. The molecule has 0 aliphatic rings. The number of hydrazone groups is 1. The molecule has 0 saturated heterocycles. The summed E-state index contributed by atoms with van der Waals surface area (Å²) in [6, 6.07) is 21.7. The van der Waals surface area contributed by atoms with Crippen molar-refractivity contribution in [3.05, 3.63) is 95.1 Å². The van der Waals surface area contributed by atoms with Crippen molar-refractivity contribution in [2.24, 2.45) is 5.10 Å². The number of nitrogens with zero attached hydrogens (tertiary/aromatic N) is 1. The molecule has 0 aliphatic carbocycles. The van der Waals surface area contributed by atoms with E-state index in [0.29, 0.717) is 11.3 Å². The standard InChI is InChI=1S/C24H23N3O3/c1-17-8-11-21(14-18(17)2)26-23(28)16-30-22-12-9-19(10-13-22)15-25-27-24(29)20-6-4-3-5-7-20/h3-15H,16H2,1-2H3,(H,26,28)(H,27,29)/b25-15-. The Kier molecular flexibility index (Phi) is 6.95. The number of benzene rings is 3. The molecule has 6 nitrogen and oxygen atoms in total.